The molecular formula is C18H26N6O2. The van der Waals surface area contributed by atoms with Crippen LogP contribution in [-0.4, -0.2) is 64.7 Å². The summed E-state index contributed by atoms with van der Waals surface area (Å²) in [6, 6.07) is 5.85. The molecule has 3 rings (SSSR count). The van der Waals surface area contributed by atoms with E-state index in [2.05, 4.69) is 25.4 Å². The maximum Gasteiger partial charge on any atom is 0.310 e. The van der Waals surface area contributed by atoms with Crippen molar-refractivity contribution in [1.29, 1.82) is 0 Å². The molecule has 8 heteroatoms. The number of fused-ring (bicyclic) bond motifs is 1. The Labute approximate surface area is 153 Å². The lowest BCUT2D eigenvalue weighted by Crippen LogP contribution is -2.48. The van der Waals surface area contributed by atoms with Crippen LogP contribution in [0, 0.1) is 5.92 Å². The number of ether oxygens (including phenoxy) is 1. The highest BCUT2D eigenvalue weighted by molar-refractivity contribution is 5.81. The van der Waals surface area contributed by atoms with Crippen LogP contribution in [0.3, 0.4) is 0 Å². The molecule has 0 aliphatic carbocycles. The third-order valence-electron chi connectivity index (χ3n) is 4.57. The Balaban J connectivity index is 1.55. The van der Waals surface area contributed by atoms with E-state index < -0.39 is 0 Å². The average Bonchev–Trinajstić information content (AvgIpc) is 3.09. The lowest BCUT2D eigenvalue weighted by Gasteiger charge is -2.33. The van der Waals surface area contributed by atoms with Crippen LogP contribution in [0.15, 0.2) is 29.4 Å². The molecule has 0 saturated carbocycles. The first-order chi connectivity index (χ1) is 12.7. The summed E-state index contributed by atoms with van der Waals surface area (Å²) in [5, 5.41) is 11.8. The molecule has 140 valence electrons. The van der Waals surface area contributed by atoms with Crippen molar-refractivity contribution in [2.75, 3.05) is 33.3 Å². The molecule has 1 unspecified atom stereocenters. The molecule has 8 nitrogen and oxygen atoms in total. The second kappa shape index (κ2) is 8.64. The van der Waals surface area contributed by atoms with Crippen molar-refractivity contribution in [2.24, 2.45) is 10.9 Å². The highest BCUT2D eigenvalue weighted by Gasteiger charge is 2.28. The predicted molar refractivity (Wildman–Crippen MR) is 99.0 cm³/mol. The minimum Gasteiger partial charge on any atom is -0.466 e. The fourth-order valence-electron chi connectivity index (χ4n) is 3.30. The molecule has 1 N–H and O–H groups in total. The Morgan fingerprint density at radius 2 is 2.31 bits per heavy atom. The summed E-state index contributed by atoms with van der Waals surface area (Å²) in [4.78, 5) is 18.5. The fraction of sp³-hybridized carbons (Fsp3) is 0.556. The highest BCUT2D eigenvalue weighted by Crippen LogP contribution is 2.18. The lowest BCUT2D eigenvalue weighted by atomic mass is 9.98. The SMILES string of the molecule is CCOC(=O)C1CCCN(C(=NC)NCCc2nnc3ccccn23)C1. The number of rotatable bonds is 5. The number of esters is 1. The number of aliphatic imine (C=N–C) groups is 1. The van der Waals surface area contributed by atoms with Crippen LogP contribution >= 0.6 is 0 Å². The van der Waals surface area contributed by atoms with Gasteiger partial charge in [0.05, 0.1) is 12.5 Å². The van der Waals surface area contributed by atoms with Gasteiger partial charge in [-0.25, -0.2) is 0 Å². The molecule has 0 radical (unpaired) electrons. The van der Waals surface area contributed by atoms with Crippen molar-refractivity contribution in [3.8, 4) is 0 Å². The third-order valence-corrected chi connectivity index (χ3v) is 4.57. The van der Waals surface area contributed by atoms with Gasteiger partial charge in [0, 0.05) is 39.3 Å². The summed E-state index contributed by atoms with van der Waals surface area (Å²) in [7, 11) is 1.77. The summed E-state index contributed by atoms with van der Waals surface area (Å²) < 4.78 is 7.16. The average molecular weight is 358 g/mol. The van der Waals surface area contributed by atoms with Gasteiger partial charge in [0.15, 0.2) is 11.6 Å². The van der Waals surface area contributed by atoms with E-state index in [9.17, 15) is 4.79 Å². The Morgan fingerprint density at radius 3 is 3.12 bits per heavy atom. The Morgan fingerprint density at radius 1 is 1.42 bits per heavy atom. The van der Waals surface area contributed by atoms with E-state index in [-0.39, 0.29) is 11.9 Å². The van der Waals surface area contributed by atoms with E-state index >= 15 is 0 Å². The molecule has 1 aliphatic rings. The second-order valence-corrected chi connectivity index (χ2v) is 6.31. The minimum atomic E-state index is -0.109. The number of likely N-dealkylation sites (tertiary alicyclic amines) is 1. The topological polar surface area (TPSA) is 84.1 Å². The lowest BCUT2D eigenvalue weighted by molar-refractivity contribution is -0.149. The number of pyridine rings is 1. The van der Waals surface area contributed by atoms with Gasteiger partial charge in [0.2, 0.25) is 0 Å². The fourth-order valence-corrected chi connectivity index (χ4v) is 3.30. The third kappa shape index (κ3) is 4.12. The van der Waals surface area contributed by atoms with E-state index in [1.807, 2.05) is 35.7 Å². The summed E-state index contributed by atoms with van der Waals surface area (Å²) in [6.45, 7) is 4.50. The molecule has 1 aliphatic heterocycles. The standard InChI is InChI=1S/C18H26N6O2/c1-3-26-17(25)14-7-6-11-23(13-14)18(19-2)20-10-9-16-22-21-15-8-4-5-12-24(15)16/h4-5,8,12,14H,3,6-7,9-11,13H2,1-2H3,(H,19,20). The van der Waals surface area contributed by atoms with Crippen LogP contribution < -0.4 is 5.32 Å². The van der Waals surface area contributed by atoms with E-state index in [0.717, 1.165) is 43.2 Å². The number of nitrogens with one attached hydrogen (secondary N) is 1. The van der Waals surface area contributed by atoms with Gasteiger partial charge in [0.25, 0.3) is 0 Å². The number of carbonyl (C=O) groups is 1. The zero-order chi connectivity index (χ0) is 18.4. The Kier molecular flexibility index (Phi) is 6.04. The van der Waals surface area contributed by atoms with Crippen molar-refractivity contribution >= 4 is 17.6 Å². The summed E-state index contributed by atoms with van der Waals surface area (Å²) in [5.41, 5.74) is 0.847. The van der Waals surface area contributed by atoms with Crippen LogP contribution in [0.1, 0.15) is 25.6 Å². The van der Waals surface area contributed by atoms with Gasteiger partial charge in [-0.05, 0) is 31.9 Å². The summed E-state index contributed by atoms with van der Waals surface area (Å²) in [5.74, 6) is 1.53. The number of piperidine rings is 1. The maximum absolute atomic E-state index is 12.0. The van der Waals surface area contributed by atoms with E-state index in [0.29, 0.717) is 19.7 Å². The summed E-state index contributed by atoms with van der Waals surface area (Å²) in [6.07, 6.45) is 4.53. The number of nitrogens with zero attached hydrogens (tertiary/aromatic N) is 5. The first-order valence-corrected chi connectivity index (χ1v) is 9.13. The van der Waals surface area contributed by atoms with Crippen LogP contribution in [0.2, 0.25) is 0 Å². The quantitative estimate of drug-likeness (QED) is 0.490. The van der Waals surface area contributed by atoms with Gasteiger partial charge in [-0.2, -0.15) is 0 Å². The molecular weight excluding hydrogens is 332 g/mol. The second-order valence-electron chi connectivity index (χ2n) is 6.31. The van der Waals surface area contributed by atoms with Gasteiger partial charge in [-0.1, -0.05) is 6.07 Å². The zero-order valence-electron chi connectivity index (χ0n) is 15.4. The molecule has 0 amide bonds. The number of guanidine groups is 1. The zero-order valence-corrected chi connectivity index (χ0v) is 15.4. The molecule has 0 aromatic carbocycles. The van der Waals surface area contributed by atoms with Gasteiger partial charge in [-0.3, -0.25) is 14.2 Å². The largest absolute Gasteiger partial charge is 0.466 e. The van der Waals surface area contributed by atoms with Gasteiger partial charge < -0.3 is 15.0 Å². The molecule has 2 aromatic heterocycles. The van der Waals surface area contributed by atoms with Gasteiger partial charge >= 0.3 is 5.97 Å². The van der Waals surface area contributed by atoms with Crippen molar-refractivity contribution < 1.29 is 9.53 Å². The molecule has 2 aromatic rings. The van der Waals surface area contributed by atoms with Crippen LogP contribution in [0.4, 0.5) is 0 Å². The molecule has 1 saturated heterocycles. The van der Waals surface area contributed by atoms with Crippen molar-refractivity contribution in [2.45, 2.75) is 26.2 Å². The first-order valence-electron chi connectivity index (χ1n) is 9.13. The highest BCUT2D eigenvalue weighted by atomic mass is 16.5. The smallest absolute Gasteiger partial charge is 0.310 e. The normalized spacial score (nSPS) is 18.2. The van der Waals surface area contributed by atoms with Gasteiger partial charge in [0.1, 0.15) is 5.82 Å². The van der Waals surface area contributed by atoms with E-state index in [1.165, 1.54) is 0 Å². The molecule has 1 atom stereocenters. The predicted octanol–water partition coefficient (Wildman–Crippen LogP) is 1.12. The number of hydrogen-bond acceptors (Lipinski definition) is 5. The molecule has 0 bridgehead atoms. The Bertz CT molecular complexity index is 772. The van der Waals surface area contributed by atoms with Crippen molar-refractivity contribution in [3.05, 3.63) is 30.2 Å². The molecule has 26 heavy (non-hydrogen) atoms. The van der Waals surface area contributed by atoms with Crippen LogP contribution in [-0.2, 0) is 16.0 Å². The minimum absolute atomic E-state index is 0.0808. The van der Waals surface area contributed by atoms with Crippen molar-refractivity contribution in [3.63, 3.8) is 0 Å². The maximum atomic E-state index is 12.0. The number of hydrogen-bond donors (Lipinski definition) is 1. The number of aromatic nitrogens is 3. The molecule has 0 spiro atoms. The first kappa shape index (κ1) is 18.2. The summed E-state index contributed by atoms with van der Waals surface area (Å²) >= 11 is 0. The van der Waals surface area contributed by atoms with Crippen LogP contribution in [0.5, 0.6) is 0 Å². The van der Waals surface area contributed by atoms with E-state index in [4.69, 9.17) is 4.74 Å². The monoisotopic (exact) mass is 358 g/mol. The van der Waals surface area contributed by atoms with Crippen molar-refractivity contribution in [1.82, 2.24) is 24.8 Å². The van der Waals surface area contributed by atoms with E-state index in [1.54, 1.807) is 7.05 Å². The number of carbonyl (C=O) groups excluding carboxylic acids is 1. The molecule has 1 fully saturated rings. The Hall–Kier alpha value is -2.64. The molecule has 3 heterocycles. The van der Waals surface area contributed by atoms with Crippen LogP contribution in [0.25, 0.3) is 5.65 Å². The van der Waals surface area contributed by atoms with Gasteiger partial charge in [-0.15, -0.1) is 10.2 Å².